The summed E-state index contributed by atoms with van der Waals surface area (Å²) >= 11 is 7.80. The summed E-state index contributed by atoms with van der Waals surface area (Å²) in [6, 6.07) is 19.0. The van der Waals surface area contributed by atoms with E-state index in [1.807, 2.05) is 29.2 Å². The fourth-order valence-corrected chi connectivity index (χ4v) is 5.57. The van der Waals surface area contributed by atoms with Crippen LogP contribution in [-0.2, 0) is 0 Å². The Balaban J connectivity index is 0.000000233. The van der Waals surface area contributed by atoms with E-state index in [9.17, 15) is 4.39 Å². The smallest absolute Gasteiger partial charge is 0.226 e. The Morgan fingerprint density at radius 1 is 1.03 bits per heavy atom. The maximum Gasteiger partial charge on any atom is 0.226 e. The molecule has 0 saturated carbocycles. The maximum atomic E-state index is 13.2. The van der Waals surface area contributed by atoms with E-state index in [0.29, 0.717) is 12.6 Å². The number of benzene rings is 2. The topological polar surface area (TPSA) is 17.8 Å². The second-order valence-corrected chi connectivity index (χ2v) is 10.8. The van der Waals surface area contributed by atoms with E-state index < -0.39 is 11.5 Å². The van der Waals surface area contributed by atoms with E-state index in [1.165, 1.54) is 39.5 Å². The predicted octanol–water partition coefficient (Wildman–Crippen LogP) is 7.49. The van der Waals surface area contributed by atoms with Crippen LogP contribution >= 0.6 is 22.9 Å². The van der Waals surface area contributed by atoms with Crippen LogP contribution < -0.4 is 10.2 Å². The lowest BCUT2D eigenvalue weighted by Gasteiger charge is -2.15. The number of aromatic nitrogens is 2. The van der Waals surface area contributed by atoms with Gasteiger partial charge in [-0.1, -0.05) is 80.0 Å². The van der Waals surface area contributed by atoms with Crippen LogP contribution in [0.1, 0.15) is 43.4 Å². The summed E-state index contributed by atoms with van der Waals surface area (Å²) in [5.74, 6) is 0.498. The summed E-state index contributed by atoms with van der Waals surface area (Å²) in [5, 5.41) is 1.61. The molecular formula is C30H35BClFN2S. The van der Waals surface area contributed by atoms with E-state index in [0.717, 1.165) is 6.32 Å². The Morgan fingerprint density at radius 3 is 2.31 bits per heavy atom. The van der Waals surface area contributed by atoms with Crippen molar-refractivity contribution >= 4 is 39.9 Å². The van der Waals surface area contributed by atoms with Crippen molar-refractivity contribution in [2.75, 3.05) is 0 Å². The van der Waals surface area contributed by atoms with E-state index in [2.05, 4.69) is 86.6 Å². The number of hydrogen-bond donors (Lipinski definition) is 0. The highest BCUT2D eigenvalue weighted by atomic mass is 35.5. The number of rotatable bonds is 8. The molecule has 0 spiro atoms. The minimum atomic E-state index is -1.03. The zero-order chi connectivity index (χ0) is 26.1. The van der Waals surface area contributed by atoms with Crippen LogP contribution in [0, 0.1) is 13.8 Å². The van der Waals surface area contributed by atoms with E-state index in [-0.39, 0.29) is 0 Å². The molecule has 2 aromatic heterocycles. The quantitative estimate of drug-likeness (QED) is 0.134. The normalized spacial score (nSPS) is 12.9. The van der Waals surface area contributed by atoms with E-state index in [1.54, 1.807) is 23.6 Å². The molecule has 0 aliphatic rings. The number of nitrogens with zero attached hydrogens (tertiary/aromatic N) is 2. The number of thiophene rings is 1. The van der Waals surface area contributed by atoms with Crippen molar-refractivity contribution in [3.63, 3.8) is 0 Å². The van der Waals surface area contributed by atoms with Gasteiger partial charge >= 0.3 is 0 Å². The highest BCUT2D eigenvalue weighted by Gasteiger charge is 2.23. The Morgan fingerprint density at radius 2 is 1.72 bits per heavy atom. The average molecular weight is 521 g/mol. The summed E-state index contributed by atoms with van der Waals surface area (Å²) in [6.45, 7) is 10.5. The predicted molar refractivity (Wildman–Crippen MR) is 157 cm³/mol. The van der Waals surface area contributed by atoms with Gasteiger partial charge in [0.15, 0.2) is 0 Å². The van der Waals surface area contributed by atoms with Gasteiger partial charge < -0.3 is 4.57 Å². The molecule has 0 aliphatic carbocycles. The molecule has 2 unspecified atom stereocenters. The Labute approximate surface area is 225 Å². The largest absolute Gasteiger partial charge is 0.306 e. The molecule has 0 bridgehead atoms. The summed E-state index contributed by atoms with van der Waals surface area (Å²) in [4.78, 5) is 4.04. The molecule has 0 aliphatic heterocycles. The number of para-hydroxylation sites is 1. The zero-order valence-corrected chi connectivity index (χ0v) is 23.3. The van der Waals surface area contributed by atoms with Crippen molar-refractivity contribution in [1.29, 1.82) is 0 Å². The van der Waals surface area contributed by atoms with Gasteiger partial charge in [0, 0.05) is 12.4 Å². The van der Waals surface area contributed by atoms with Crippen molar-refractivity contribution in [1.82, 2.24) is 9.55 Å². The lowest BCUT2D eigenvalue weighted by atomic mass is 9.41. The Hall–Kier alpha value is -2.63. The summed E-state index contributed by atoms with van der Waals surface area (Å²) in [7, 11) is 0. The number of imidazole rings is 1. The van der Waals surface area contributed by atoms with Crippen LogP contribution in [0.3, 0.4) is 0 Å². The first-order valence-corrected chi connectivity index (χ1v) is 13.7. The van der Waals surface area contributed by atoms with Crippen molar-refractivity contribution < 1.29 is 4.39 Å². The van der Waals surface area contributed by atoms with Gasteiger partial charge in [-0.05, 0) is 65.9 Å². The molecule has 4 rings (SSSR count). The average Bonchev–Trinajstić information content (AvgIpc) is 3.55. The third-order valence-electron chi connectivity index (χ3n) is 6.20. The minimum absolute atomic E-state index is 0.295. The molecule has 0 N–H and O–H groups in total. The van der Waals surface area contributed by atoms with Crippen LogP contribution in [0.15, 0.2) is 90.9 Å². The van der Waals surface area contributed by atoms with Crippen LogP contribution in [0.2, 0.25) is 6.32 Å². The summed E-state index contributed by atoms with van der Waals surface area (Å²) in [6.07, 6.45) is 9.20. The number of alkyl halides is 2. The van der Waals surface area contributed by atoms with Gasteiger partial charge in [-0.25, -0.2) is 9.37 Å². The molecule has 36 heavy (non-hydrogen) atoms. The number of allylic oxidation sites excluding steroid dienone is 2. The monoisotopic (exact) mass is 520 g/mol. The Bertz CT molecular complexity index is 1200. The molecule has 0 fully saturated rings. The molecule has 188 valence electrons. The lowest BCUT2D eigenvalue weighted by molar-refractivity contribution is 0.369. The van der Waals surface area contributed by atoms with Gasteiger partial charge in [0.05, 0.1) is 17.4 Å². The van der Waals surface area contributed by atoms with Gasteiger partial charge in [0.1, 0.15) is 6.17 Å². The van der Waals surface area contributed by atoms with E-state index >= 15 is 0 Å². The second kappa shape index (κ2) is 13.6. The highest BCUT2D eigenvalue weighted by molar-refractivity contribution is 7.24. The van der Waals surface area contributed by atoms with Crippen LogP contribution in [0.25, 0.3) is 5.69 Å². The molecule has 0 saturated heterocycles. The fraction of sp³-hybridized carbons (Fsp3) is 0.300. The first-order valence-electron chi connectivity index (χ1n) is 12.4. The van der Waals surface area contributed by atoms with Gasteiger partial charge in [0.25, 0.3) is 0 Å². The van der Waals surface area contributed by atoms with Gasteiger partial charge in [-0.2, -0.15) is 11.3 Å². The molecule has 2 nitrogen and oxygen atoms in total. The van der Waals surface area contributed by atoms with Crippen molar-refractivity contribution in [3.05, 3.63) is 108 Å². The molecule has 0 amide bonds. The zero-order valence-electron chi connectivity index (χ0n) is 21.7. The van der Waals surface area contributed by atoms with Gasteiger partial charge in [0.2, 0.25) is 6.71 Å². The SMILES string of the molecule is CC(C)c1ccsc1B(CC=CC(Cl)C(C)F)c1ccccc1.Cc1cccc(C)c1-n1ccnc1. The minimum Gasteiger partial charge on any atom is -0.306 e. The fourth-order valence-electron chi connectivity index (χ4n) is 4.27. The van der Waals surface area contributed by atoms with Crippen LogP contribution in [-0.4, -0.2) is 27.8 Å². The second-order valence-electron chi connectivity index (χ2n) is 9.35. The van der Waals surface area contributed by atoms with Crippen molar-refractivity contribution in [2.45, 2.75) is 58.4 Å². The molecule has 6 heteroatoms. The van der Waals surface area contributed by atoms with Gasteiger partial charge in [-0.3, -0.25) is 0 Å². The molecular weight excluding hydrogens is 486 g/mol. The summed E-state index contributed by atoms with van der Waals surface area (Å²) in [5.41, 5.74) is 6.48. The molecule has 2 aromatic carbocycles. The lowest BCUT2D eigenvalue weighted by Crippen LogP contribution is -2.41. The van der Waals surface area contributed by atoms with Gasteiger partial charge in [-0.15, -0.1) is 11.6 Å². The first-order chi connectivity index (χ1) is 17.3. The van der Waals surface area contributed by atoms with Crippen LogP contribution in [0.4, 0.5) is 4.39 Å². The number of hydrogen-bond acceptors (Lipinski definition) is 2. The van der Waals surface area contributed by atoms with E-state index in [4.69, 9.17) is 11.6 Å². The van der Waals surface area contributed by atoms with Crippen LogP contribution in [0.5, 0.6) is 0 Å². The van der Waals surface area contributed by atoms with Crippen molar-refractivity contribution in [3.8, 4) is 5.69 Å². The molecule has 4 aromatic rings. The van der Waals surface area contributed by atoms with Crippen molar-refractivity contribution in [2.24, 2.45) is 0 Å². The maximum absolute atomic E-state index is 13.2. The number of halogens is 2. The third kappa shape index (κ3) is 7.44. The third-order valence-corrected chi connectivity index (χ3v) is 7.74. The standard InChI is InChI=1S/C19H23BClFS.C11H12N2/c1-14(2)17-11-13-23-19(17)20(16-8-5-4-6-9-16)12-7-10-18(21)15(3)22;1-9-4-3-5-10(2)11(9)13-7-6-12-8-13/h4-11,13-15,18H,12H2,1-3H3;3-8H,1-2H3. The molecule has 2 heterocycles. The number of aryl methyl sites for hydroxylation is 2. The first kappa shape index (κ1) is 28.0. The molecule has 2 atom stereocenters. The molecule has 0 radical (unpaired) electrons. The highest BCUT2D eigenvalue weighted by Crippen LogP contribution is 2.19. The summed E-state index contributed by atoms with van der Waals surface area (Å²) < 4.78 is 16.6. The Kier molecular flexibility index (Phi) is 10.6.